The molecule has 1 amide bonds. The van der Waals surface area contributed by atoms with Crippen LogP contribution in [0, 0.1) is 0 Å². The van der Waals surface area contributed by atoms with Crippen molar-refractivity contribution in [2.24, 2.45) is 0 Å². The number of nitrogens with zero attached hydrogens (tertiary/aromatic N) is 1. The molecule has 1 aliphatic rings. The summed E-state index contributed by atoms with van der Waals surface area (Å²) in [5.41, 5.74) is 2.57. The van der Waals surface area contributed by atoms with E-state index < -0.39 is 0 Å². The molecule has 1 unspecified atom stereocenters. The fourth-order valence-electron chi connectivity index (χ4n) is 2.91. The summed E-state index contributed by atoms with van der Waals surface area (Å²) in [6.07, 6.45) is 5.29. The minimum Gasteiger partial charge on any atom is -0.351 e. The third-order valence-corrected chi connectivity index (χ3v) is 4.08. The summed E-state index contributed by atoms with van der Waals surface area (Å²) in [5.74, 6) is 0.0427. The van der Waals surface area contributed by atoms with Gasteiger partial charge >= 0.3 is 0 Å². The molecule has 1 atom stereocenters. The normalized spacial score (nSPS) is 17.3. The molecule has 0 saturated carbocycles. The maximum Gasteiger partial charge on any atom is 0.274 e. The number of amides is 1. The summed E-state index contributed by atoms with van der Waals surface area (Å²) in [6, 6.07) is 19.9. The van der Waals surface area contributed by atoms with Crippen molar-refractivity contribution in [3.63, 3.8) is 0 Å². The zero-order chi connectivity index (χ0) is 16.1. The van der Waals surface area contributed by atoms with Crippen LogP contribution in [0.5, 0.6) is 0 Å². The van der Waals surface area contributed by atoms with Crippen LogP contribution in [0.3, 0.4) is 0 Å². The van der Waals surface area contributed by atoms with E-state index in [0.29, 0.717) is 5.70 Å². The Bertz CT molecular complexity index is 679. The third kappa shape index (κ3) is 3.45. The standard InChI is InChI=1S/C20H22N2O/c1-2-3-12-18-15-19(21-16-10-6-4-7-11-16)20(23)22(18)17-13-8-5-9-14-17/h4-11,13-15,18,21H,2-3,12H2,1H3. The lowest BCUT2D eigenvalue weighted by Gasteiger charge is -2.24. The van der Waals surface area contributed by atoms with E-state index in [4.69, 9.17) is 0 Å². The number of hydrogen-bond donors (Lipinski definition) is 1. The number of unbranched alkanes of at least 4 members (excludes halogenated alkanes) is 1. The first-order chi connectivity index (χ1) is 11.3. The number of benzene rings is 2. The van der Waals surface area contributed by atoms with Gasteiger partial charge in [-0.25, -0.2) is 0 Å². The molecule has 1 heterocycles. The quantitative estimate of drug-likeness (QED) is 0.846. The Morgan fingerprint density at radius 2 is 1.65 bits per heavy atom. The Morgan fingerprint density at radius 1 is 1.00 bits per heavy atom. The highest BCUT2D eigenvalue weighted by molar-refractivity contribution is 6.10. The van der Waals surface area contributed by atoms with Crippen LogP contribution in [0.2, 0.25) is 0 Å². The second-order valence-electron chi connectivity index (χ2n) is 5.79. The molecule has 0 radical (unpaired) electrons. The Morgan fingerprint density at radius 3 is 2.30 bits per heavy atom. The maximum absolute atomic E-state index is 12.9. The predicted octanol–water partition coefficient (Wildman–Crippen LogP) is 4.59. The van der Waals surface area contributed by atoms with E-state index in [-0.39, 0.29) is 11.9 Å². The van der Waals surface area contributed by atoms with Gasteiger partial charge in [-0.15, -0.1) is 0 Å². The van der Waals surface area contributed by atoms with Gasteiger partial charge in [-0.2, -0.15) is 0 Å². The minimum atomic E-state index is 0.0427. The molecule has 3 nitrogen and oxygen atoms in total. The number of rotatable bonds is 6. The summed E-state index contributed by atoms with van der Waals surface area (Å²) in [6.45, 7) is 2.18. The van der Waals surface area contributed by atoms with Gasteiger partial charge in [0.05, 0.1) is 6.04 Å². The van der Waals surface area contributed by atoms with E-state index in [1.165, 1.54) is 0 Å². The monoisotopic (exact) mass is 306 g/mol. The van der Waals surface area contributed by atoms with Crippen LogP contribution in [-0.2, 0) is 4.79 Å². The van der Waals surface area contributed by atoms with Gasteiger partial charge in [-0.1, -0.05) is 56.2 Å². The Balaban J connectivity index is 1.85. The SMILES string of the molecule is CCCCC1C=C(Nc2ccccc2)C(=O)N1c1ccccc1. The van der Waals surface area contributed by atoms with Crippen molar-refractivity contribution in [3.05, 3.63) is 72.4 Å². The topological polar surface area (TPSA) is 32.3 Å². The molecule has 0 fully saturated rings. The minimum absolute atomic E-state index is 0.0427. The van der Waals surface area contributed by atoms with Crippen molar-refractivity contribution >= 4 is 17.3 Å². The average molecular weight is 306 g/mol. The number of hydrogen-bond acceptors (Lipinski definition) is 2. The molecule has 1 aliphatic heterocycles. The van der Waals surface area contributed by atoms with Crippen molar-refractivity contribution in [2.75, 3.05) is 10.2 Å². The summed E-state index contributed by atoms with van der Waals surface area (Å²) < 4.78 is 0. The fourth-order valence-corrected chi connectivity index (χ4v) is 2.91. The van der Waals surface area contributed by atoms with Crippen LogP contribution in [0.15, 0.2) is 72.4 Å². The van der Waals surface area contributed by atoms with Crippen LogP contribution in [0.4, 0.5) is 11.4 Å². The van der Waals surface area contributed by atoms with Crippen LogP contribution < -0.4 is 10.2 Å². The van der Waals surface area contributed by atoms with Crippen LogP contribution in [-0.4, -0.2) is 11.9 Å². The van der Waals surface area contributed by atoms with E-state index in [1.54, 1.807) is 0 Å². The number of carbonyl (C=O) groups is 1. The largest absolute Gasteiger partial charge is 0.351 e. The highest BCUT2D eigenvalue weighted by Crippen LogP contribution is 2.29. The number of anilines is 2. The first-order valence-corrected chi connectivity index (χ1v) is 8.22. The van der Waals surface area contributed by atoms with Crippen LogP contribution >= 0.6 is 0 Å². The van der Waals surface area contributed by atoms with Crippen molar-refractivity contribution in [3.8, 4) is 0 Å². The van der Waals surface area contributed by atoms with Gasteiger partial charge in [0, 0.05) is 11.4 Å². The molecule has 3 rings (SSSR count). The molecule has 0 bridgehead atoms. The summed E-state index contributed by atoms with van der Waals surface area (Å²) in [5, 5.41) is 3.27. The van der Waals surface area contributed by atoms with Gasteiger partial charge in [-0.05, 0) is 36.8 Å². The molecule has 2 aromatic carbocycles. The molecular formula is C20H22N2O. The maximum atomic E-state index is 12.9. The van der Waals surface area contributed by atoms with E-state index >= 15 is 0 Å². The summed E-state index contributed by atoms with van der Waals surface area (Å²) >= 11 is 0. The van der Waals surface area contributed by atoms with Crippen molar-refractivity contribution in [1.29, 1.82) is 0 Å². The summed E-state index contributed by atoms with van der Waals surface area (Å²) in [7, 11) is 0. The zero-order valence-corrected chi connectivity index (χ0v) is 13.4. The average Bonchev–Trinajstić information content (AvgIpc) is 2.90. The molecule has 1 N–H and O–H groups in total. The zero-order valence-electron chi connectivity index (χ0n) is 13.4. The number of para-hydroxylation sites is 2. The molecule has 0 saturated heterocycles. The van der Waals surface area contributed by atoms with Gasteiger partial charge in [0.25, 0.3) is 5.91 Å². The Labute approximate surface area is 137 Å². The molecule has 23 heavy (non-hydrogen) atoms. The second kappa shape index (κ2) is 7.14. The van der Waals surface area contributed by atoms with E-state index in [9.17, 15) is 4.79 Å². The van der Waals surface area contributed by atoms with E-state index in [1.807, 2.05) is 65.6 Å². The van der Waals surface area contributed by atoms with Crippen LogP contribution in [0.25, 0.3) is 0 Å². The van der Waals surface area contributed by atoms with Crippen molar-refractivity contribution in [2.45, 2.75) is 32.2 Å². The smallest absolute Gasteiger partial charge is 0.274 e. The van der Waals surface area contributed by atoms with Crippen LogP contribution in [0.1, 0.15) is 26.2 Å². The lowest BCUT2D eigenvalue weighted by molar-refractivity contribution is -0.114. The van der Waals surface area contributed by atoms with Gasteiger partial charge < -0.3 is 10.2 Å². The Kier molecular flexibility index (Phi) is 4.77. The first-order valence-electron chi connectivity index (χ1n) is 8.22. The highest BCUT2D eigenvalue weighted by atomic mass is 16.2. The molecule has 0 aromatic heterocycles. The lowest BCUT2D eigenvalue weighted by Crippen LogP contribution is -2.35. The molecule has 3 heteroatoms. The molecule has 2 aromatic rings. The molecule has 0 aliphatic carbocycles. The molecular weight excluding hydrogens is 284 g/mol. The van der Waals surface area contributed by atoms with Gasteiger partial charge in [0.15, 0.2) is 0 Å². The van der Waals surface area contributed by atoms with Crippen molar-refractivity contribution in [1.82, 2.24) is 0 Å². The Hall–Kier alpha value is -2.55. The molecule has 0 spiro atoms. The van der Waals surface area contributed by atoms with Gasteiger partial charge in [0.1, 0.15) is 5.70 Å². The predicted molar refractivity (Wildman–Crippen MR) is 95.4 cm³/mol. The molecule has 118 valence electrons. The fraction of sp³-hybridized carbons (Fsp3) is 0.250. The van der Waals surface area contributed by atoms with Gasteiger partial charge in [-0.3, -0.25) is 4.79 Å². The van der Waals surface area contributed by atoms with E-state index in [0.717, 1.165) is 30.6 Å². The van der Waals surface area contributed by atoms with Crippen molar-refractivity contribution < 1.29 is 4.79 Å². The van der Waals surface area contributed by atoms with Gasteiger partial charge in [0.2, 0.25) is 0 Å². The summed E-state index contributed by atoms with van der Waals surface area (Å²) in [4.78, 5) is 14.8. The number of nitrogens with one attached hydrogen (secondary N) is 1. The third-order valence-electron chi connectivity index (χ3n) is 4.08. The van der Waals surface area contributed by atoms with E-state index in [2.05, 4.69) is 18.3 Å². The first kappa shape index (κ1) is 15.3. The second-order valence-corrected chi connectivity index (χ2v) is 5.79. The lowest BCUT2D eigenvalue weighted by atomic mass is 10.1. The highest BCUT2D eigenvalue weighted by Gasteiger charge is 2.33. The number of carbonyl (C=O) groups excluding carboxylic acids is 1.